The zero-order valence-electron chi connectivity index (χ0n) is 14.3. The van der Waals surface area contributed by atoms with Gasteiger partial charge in [-0.05, 0) is 68.6 Å². The first-order valence-electron chi connectivity index (χ1n) is 7.95. The molecule has 0 bridgehead atoms. The Hall–Kier alpha value is -2.72. The minimum Gasteiger partial charge on any atom is -0.479 e. The first kappa shape index (κ1) is 20.0. The summed E-state index contributed by atoms with van der Waals surface area (Å²) in [6.45, 7) is 1.41. The molecule has 144 valence electrons. The van der Waals surface area contributed by atoms with Gasteiger partial charge in [0.05, 0.1) is 26.1 Å². The topological polar surface area (TPSA) is 114 Å². The van der Waals surface area contributed by atoms with Crippen molar-refractivity contribution in [3.8, 4) is 5.75 Å². The lowest BCUT2D eigenvalue weighted by Crippen LogP contribution is -2.32. The summed E-state index contributed by atoms with van der Waals surface area (Å²) in [5, 5.41) is 13.3. The molecule has 1 heterocycles. The third-order valence-corrected chi connectivity index (χ3v) is 4.95. The molecular formula is C18H13Br2N3O5. The second kappa shape index (κ2) is 8.11. The van der Waals surface area contributed by atoms with Crippen molar-refractivity contribution in [1.82, 2.24) is 9.66 Å². The van der Waals surface area contributed by atoms with Crippen LogP contribution in [-0.4, -0.2) is 33.1 Å². The molecule has 28 heavy (non-hydrogen) atoms. The zero-order chi connectivity index (χ0) is 20.4. The minimum absolute atomic E-state index is 0.313. The lowest BCUT2D eigenvalue weighted by Gasteiger charge is -2.14. The standard InChI is InChI=1S/C18H13Br2N3O5/c1-9(17(25)26)28-15-12(19)6-10(7-13(15)20)8-21-23-16(24)11-4-2-3-5-14(11)22-18(23)27/h2-9H,1H3,(H,22,27)(H,25,26)/t9-/m0/s1. The van der Waals surface area contributed by atoms with Gasteiger partial charge in [0, 0.05) is 0 Å². The highest BCUT2D eigenvalue weighted by atomic mass is 79.9. The van der Waals surface area contributed by atoms with Gasteiger partial charge in [0.25, 0.3) is 5.56 Å². The summed E-state index contributed by atoms with van der Waals surface area (Å²) in [6, 6.07) is 9.90. The van der Waals surface area contributed by atoms with Crippen molar-refractivity contribution >= 4 is 54.9 Å². The van der Waals surface area contributed by atoms with Crippen molar-refractivity contribution in [3.63, 3.8) is 0 Å². The third kappa shape index (κ3) is 4.07. The average molecular weight is 511 g/mol. The molecule has 3 rings (SSSR count). The van der Waals surface area contributed by atoms with Gasteiger partial charge in [-0.15, -0.1) is 4.68 Å². The minimum atomic E-state index is -1.10. The Morgan fingerprint density at radius 3 is 2.54 bits per heavy atom. The number of carbonyl (C=O) groups is 1. The van der Waals surface area contributed by atoms with Crippen LogP contribution < -0.4 is 16.0 Å². The number of para-hydroxylation sites is 1. The molecule has 1 atom stereocenters. The van der Waals surface area contributed by atoms with Crippen molar-refractivity contribution < 1.29 is 14.6 Å². The first-order chi connectivity index (χ1) is 13.3. The molecule has 1 aromatic heterocycles. The number of H-pyrrole nitrogens is 1. The maximum atomic E-state index is 12.5. The van der Waals surface area contributed by atoms with Gasteiger partial charge in [0.15, 0.2) is 6.10 Å². The fourth-order valence-electron chi connectivity index (χ4n) is 2.38. The van der Waals surface area contributed by atoms with Crippen LogP contribution in [0.25, 0.3) is 10.9 Å². The third-order valence-electron chi connectivity index (χ3n) is 3.77. The molecule has 2 N–H and O–H groups in total. The predicted molar refractivity (Wildman–Crippen MR) is 111 cm³/mol. The monoisotopic (exact) mass is 509 g/mol. The molecule has 0 fully saturated rings. The number of halogens is 2. The molecule has 8 nitrogen and oxygen atoms in total. The number of hydrogen-bond donors (Lipinski definition) is 2. The van der Waals surface area contributed by atoms with E-state index in [1.165, 1.54) is 13.1 Å². The number of aliphatic carboxylic acids is 1. The van der Waals surface area contributed by atoms with Gasteiger partial charge in [0.2, 0.25) is 0 Å². The van der Waals surface area contributed by atoms with Crippen LogP contribution in [0.4, 0.5) is 0 Å². The van der Waals surface area contributed by atoms with E-state index in [2.05, 4.69) is 41.9 Å². The highest BCUT2D eigenvalue weighted by Crippen LogP contribution is 2.35. The van der Waals surface area contributed by atoms with E-state index in [9.17, 15) is 14.4 Å². The molecule has 2 aromatic carbocycles. The smallest absolute Gasteiger partial charge is 0.349 e. The van der Waals surface area contributed by atoms with E-state index in [0.29, 0.717) is 31.2 Å². The largest absolute Gasteiger partial charge is 0.479 e. The van der Waals surface area contributed by atoms with E-state index in [4.69, 9.17) is 9.84 Å². The molecule has 0 aliphatic carbocycles. The molecule has 0 radical (unpaired) electrons. The summed E-state index contributed by atoms with van der Waals surface area (Å²) in [6.07, 6.45) is 0.299. The van der Waals surface area contributed by atoms with Crippen LogP contribution in [0.15, 0.2) is 60.0 Å². The molecule has 10 heteroatoms. The van der Waals surface area contributed by atoms with Gasteiger partial charge in [-0.2, -0.15) is 5.10 Å². The van der Waals surface area contributed by atoms with Gasteiger partial charge in [-0.3, -0.25) is 4.79 Å². The molecule has 0 spiro atoms. The number of carboxylic acids is 1. The quantitative estimate of drug-likeness (QED) is 0.512. The van der Waals surface area contributed by atoms with Gasteiger partial charge in [-0.1, -0.05) is 12.1 Å². The molecule has 0 aliphatic rings. The van der Waals surface area contributed by atoms with Crippen molar-refractivity contribution in [1.29, 1.82) is 0 Å². The SMILES string of the molecule is C[C@H](Oc1c(Br)cc(C=Nn2c(=O)[nH]c3ccccc3c2=O)cc1Br)C(=O)O. The van der Waals surface area contributed by atoms with E-state index >= 15 is 0 Å². The van der Waals surface area contributed by atoms with Crippen LogP contribution in [0.1, 0.15) is 12.5 Å². The van der Waals surface area contributed by atoms with Crippen molar-refractivity contribution in [2.24, 2.45) is 5.10 Å². The van der Waals surface area contributed by atoms with Crippen LogP contribution in [0.3, 0.4) is 0 Å². The van der Waals surface area contributed by atoms with E-state index < -0.39 is 23.3 Å². The number of hydrogen-bond acceptors (Lipinski definition) is 5. The Morgan fingerprint density at radius 1 is 1.25 bits per heavy atom. The summed E-state index contributed by atoms with van der Waals surface area (Å²) < 4.78 is 7.10. The van der Waals surface area contributed by atoms with E-state index in [-0.39, 0.29) is 0 Å². The molecule has 0 saturated heterocycles. The Labute approximate surface area is 174 Å². The Kier molecular flexibility index (Phi) is 5.80. The summed E-state index contributed by atoms with van der Waals surface area (Å²) in [5.41, 5.74) is -0.214. The van der Waals surface area contributed by atoms with Crippen LogP contribution in [0.5, 0.6) is 5.75 Å². The van der Waals surface area contributed by atoms with E-state index in [1.807, 2.05) is 0 Å². The summed E-state index contributed by atoms with van der Waals surface area (Å²) in [4.78, 5) is 38.2. The number of rotatable bonds is 5. The van der Waals surface area contributed by atoms with Crippen molar-refractivity contribution in [3.05, 3.63) is 71.7 Å². The van der Waals surface area contributed by atoms with Gasteiger partial charge in [0.1, 0.15) is 5.75 Å². The molecule has 0 aliphatic heterocycles. The second-order valence-corrected chi connectivity index (χ2v) is 7.46. The fourth-order valence-corrected chi connectivity index (χ4v) is 3.78. The number of fused-ring (bicyclic) bond motifs is 1. The van der Waals surface area contributed by atoms with Crippen molar-refractivity contribution in [2.75, 3.05) is 0 Å². The number of aromatic nitrogens is 2. The maximum absolute atomic E-state index is 12.5. The molecule has 3 aromatic rings. The maximum Gasteiger partial charge on any atom is 0.349 e. The van der Waals surface area contributed by atoms with E-state index in [1.54, 1.807) is 36.4 Å². The molecule has 0 unspecified atom stereocenters. The highest BCUT2D eigenvalue weighted by Gasteiger charge is 2.17. The molecule has 0 amide bonds. The van der Waals surface area contributed by atoms with Crippen molar-refractivity contribution in [2.45, 2.75) is 13.0 Å². The fraction of sp³-hybridized carbons (Fsp3) is 0.111. The van der Waals surface area contributed by atoms with Gasteiger partial charge >= 0.3 is 11.7 Å². The lowest BCUT2D eigenvalue weighted by atomic mass is 10.2. The normalized spacial score (nSPS) is 12.4. The van der Waals surface area contributed by atoms with Crippen LogP contribution in [0, 0.1) is 0 Å². The Morgan fingerprint density at radius 2 is 1.89 bits per heavy atom. The summed E-state index contributed by atoms with van der Waals surface area (Å²) >= 11 is 6.63. The average Bonchev–Trinajstić information content (AvgIpc) is 2.64. The number of benzene rings is 2. The summed E-state index contributed by atoms with van der Waals surface area (Å²) in [5.74, 6) is -0.785. The molecular weight excluding hydrogens is 498 g/mol. The van der Waals surface area contributed by atoms with Crippen LogP contribution in [-0.2, 0) is 4.79 Å². The van der Waals surface area contributed by atoms with E-state index in [0.717, 1.165) is 4.68 Å². The van der Waals surface area contributed by atoms with Crippen LogP contribution in [0.2, 0.25) is 0 Å². The number of nitrogens with zero attached hydrogens (tertiary/aromatic N) is 2. The van der Waals surface area contributed by atoms with Gasteiger partial charge in [-0.25, -0.2) is 9.59 Å². The lowest BCUT2D eigenvalue weighted by molar-refractivity contribution is -0.144. The number of carboxylic acid groups (broad SMARTS) is 1. The molecule has 0 saturated carbocycles. The predicted octanol–water partition coefficient (Wildman–Crippen LogP) is 2.95. The highest BCUT2D eigenvalue weighted by molar-refractivity contribution is 9.11. The van der Waals surface area contributed by atoms with Crippen LogP contribution >= 0.6 is 31.9 Å². The number of ether oxygens (including phenoxy) is 1. The Bertz CT molecular complexity index is 1190. The Balaban J connectivity index is 1.98. The number of aromatic amines is 1. The van der Waals surface area contributed by atoms with Gasteiger partial charge < -0.3 is 14.8 Å². The summed E-state index contributed by atoms with van der Waals surface area (Å²) in [7, 11) is 0. The number of nitrogens with one attached hydrogen (secondary N) is 1. The zero-order valence-corrected chi connectivity index (χ0v) is 17.5. The first-order valence-corrected chi connectivity index (χ1v) is 9.53. The second-order valence-electron chi connectivity index (χ2n) is 5.75.